The fraction of sp³-hybridized carbons (Fsp3) is 0.500. The SMILES string of the molecule is Cc1cc(CSc2nc3sc(C)c(C)c3c(=O)n2C2CCCC2)on1. The molecule has 132 valence electrons. The highest BCUT2D eigenvalue weighted by Gasteiger charge is 2.25. The second kappa shape index (κ2) is 6.61. The van der Waals surface area contributed by atoms with Crippen LogP contribution in [0.4, 0.5) is 0 Å². The Balaban J connectivity index is 1.80. The Morgan fingerprint density at radius 3 is 2.76 bits per heavy atom. The van der Waals surface area contributed by atoms with Crippen molar-refractivity contribution in [3.8, 4) is 0 Å². The Kier molecular flexibility index (Phi) is 4.45. The minimum atomic E-state index is 0.120. The molecule has 0 saturated heterocycles. The third-order valence-electron chi connectivity index (χ3n) is 4.91. The zero-order chi connectivity index (χ0) is 17.6. The highest BCUT2D eigenvalue weighted by molar-refractivity contribution is 7.98. The fourth-order valence-electron chi connectivity index (χ4n) is 3.49. The van der Waals surface area contributed by atoms with E-state index in [1.807, 2.05) is 24.5 Å². The van der Waals surface area contributed by atoms with Crippen LogP contribution in [0, 0.1) is 20.8 Å². The zero-order valence-electron chi connectivity index (χ0n) is 14.7. The Bertz CT molecular complexity index is 980. The number of aryl methyl sites for hydroxylation is 3. The van der Waals surface area contributed by atoms with Crippen molar-refractivity contribution in [2.75, 3.05) is 0 Å². The Labute approximate surface area is 154 Å². The number of hydrogen-bond acceptors (Lipinski definition) is 6. The van der Waals surface area contributed by atoms with E-state index in [9.17, 15) is 4.79 Å². The smallest absolute Gasteiger partial charge is 0.263 e. The van der Waals surface area contributed by atoms with Crippen molar-refractivity contribution >= 4 is 33.3 Å². The summed E-state index contributed by atoms with van der Waals surface area (Å²) >= 11 is 3.18. The van der Waals surface area contributed by atoms with Gasteiger partial charge < -0.3 is 4.52 Å². The van der Waals surface area contributed by atoms with E-state index in [0.29, 0.717) is 5.75 Å². The maximum atomic E-state index is 13.3. The van der Waals surface area contributed by atoms with Gasteiger partial charge in [0.15, 0.2) is 5.16 Å². The van der Waals surface area contributed by atoms with Gasteiger partial charge in [-0.2, -0.15) is 0 Å². The Morgan fingerprint density at radius 1 is 1.32 bits per heavy atom. The number of hydrogen-bond donors (Lipinski definition) is 0. The lowest BCUT2D eigenvalue weighted by Gasteiger charge is -2.17. The van der Waals surface area contributed by atoms with Crippen LogP contribution >= 0.6 is 23.1 Å². The monoisotopic (exact) mass is 375 g/mol. The molecule has 3 aromatic rings. The lowest BCUT2D eigenvalue weighted by Crippen LogP contribution is -2.26. The number of aromatic nitrogens is 3. The van der Waals surface area contributed by atoms with Gasteiger partial charge in [-0.05, 0) is 39.2 Å². The van der Waals surface area contributed by atoms with Crippen LogP contribution in [0.2, 0.25) is 0 Å². The molecule has 1 aliphatic carbocycles. The topological polar surface area (TPSA) is 60.9 Å². The summed E-state index contributed by atoms with van der Waals surface area (Å²) in [4.78, 5) is 20.2. The molecule has 1 aliphatic rings. The summed E-state index contributed by atoms with van der Waals surface area (Å²) in [7, 11) is 0. The lowest BCUT2D eigenvalue weighted by molar-refractivity contribution is 0.390. The van der Waals surface area contributed by atoms with Gasteiger partial charge in [0.05, 0.1) is 16.8 Å². The number of rotatable bonds is 4. The van der Waals surface area contributed by atoms with Crippen molar-refractivity contribution in [2.45, 2.75) is 63.4 Å². The van der Waals surface area contributed by atoms with Gasteiger partial charge in [-0.3, -0.25) is 9.36 Å². The molecule has 0 N–H and O–H groups in total. The fourth-order valence-corrected chi connectivity index (χ4v) is 5.51. The van der Waals surface area contributed by atoms with E-state index in [2.05, 4.69) is 12.1 Å². The van der Waals surface area contributed by atoms with Gasteiger partial charge in [0.2, 0.25) is 0 Å². The van der Waals surface area contributed by atoms with Gasteiger partial charge in [0.25, 0.3) is 5.56 Å². The van der Waals surface area contributed by atoms with E-state index in [-0.39, 0.29) is 11.6 Å². The lowest BCUT2D eigenvalue weighted by atomic mass is 10.2. The quantitative estimate of drug-likeness (QED) is 0.485. The summed E-state index contributed by atoms with van der Waals surface area (Å²) < 4.78 is 7.26. The maximum absolute atomic E-state index is 13.3. The first-order chi connectivity index (χ1) is 12.0. The normalized spacial score (nSPS) is 15.5. The predicted molar refractivity (Wildman–Crippen MR) is 102 cm³/mol. The van der Waals surface area contributed by atoms with Gasteiger partial charge in [0.1, 0.15) is 10.6 Å². The molecule has 25 heavy (non-hydrogen) atoms. The minimum absolute atomic E-state index is 0.120. The predicted octanol–water partition coefficient (Wildman–Crippen LogP) is 4.78. The van der Waals surface area contributed by atoms with E-state index in [1.165, 1.54) is 17.7 Å². The number of fused-ring (bicyclic) bond motifs is 1. The van der Waals surface area contributed by atoms with Gasteiger partial charge in [-0.25, -0.2) is 4.98 Å². The second-order valence-electron chi connectivity index (χ2n) is 6.69. The van der Waals surface area contributed by atoms with Crippen LogP contribution in [0.1, 0.15) is 53.6 Å². The molecule has 3 heterocycles. The standard InChI is InChI=1S/C18H21N3O2S2/c1-10-8-14(23-20-10)9-24-18-19-16-15(11(2)12(3)25-16)17(22)21(18)13-6-4-5-7-13/h8,13H,4-7,9H2,1-3H3. The molecule has 5 nitrogen and oxygen atoms in total. The number of thiophene rings is 1. The van der Waals surface area contributed by atoms with Crippen LogP contribution in [0.25, 0.3) is 10.2 Å². The van der Waals surface area contributed by atoms with Crippen molar-refractivity contribution in [2.24, 2.45) is 0 Å². The van der Waals surface area contributed by atoms with Gasteiger partial charge in [-0.1, -0.05) is 29.8 Å². The van der Waals surface area contributed by atoms with Crippen molar-refractivity contribution in [3.63, 3.8) is 0 Å². The van der Waals surface area contributed by atoms with Gasteiger partial charge in [-0.15, -0.1) is 11.3 Å². The van der Waals surface area contributed by atoms with Crippen molar-refractivity contribution in [1.29, 1.82) is 0 Å². The zero-order valence-corrected chi connectivity index (χ0v) is 16.3. The molecule has 4 rings (SSSR count). The third kappa shape index (κ3) is 3.04. The van der Waals surface area contributed by atoms with Crippen molar-refractivity contribution in [1.82, 2.24) is 14.7 Å². The molecule has 0 amide bonds. The molecular weight excluding hydrogens is 354 g/mol. The molecule has 0 aliphatic heterocycles. The summed E-state index contributed by atoms with van der Waals surface area (Å²) in [5, 5.41) is 5.54. The highest BCUT2D eigenvalue weighted by Crippen LogP contribution is 2.35. The van der Waals surface area contributed by atoms with Crippen molar-refractivity contribution < 1.29 is 4.52 Å². The Morgan fingerprint density at radius 2 is 2.08 bits per heavy atom. The van der Waals surface area contributed by atoms with Crippen LogP contribution in [0.3, 0.4) is 0 Å². The summed E-state index contributed by atoms with van der Waals surface area (Å²) in [6.07, 6.45) is 4.48. The number of thioether (sulfide) groups is 1. The molecule has 0 aromatic carbocycles. The first kappa shape index (κ1) is 16.8. The highest BCUT2D eigenvalue weighted by atomic mass is 32.2. The molecule has 0 atom stereocenters. The summed E-state index contributed by atoms with van der Waals surface area (Å²) in [5.74, 6) is 1.45. The number of nitrogens with zero attached hydrogens (tertiary/aromatic N) is 3. The average molecular weight is 376 g/mol. The minimum Gasteiger partial charge on any atom is -0.360 e. The van der Waals surface area contributed by atoms with Crippen molar-refractivity contribution in [3.05, 3.63) is 38.3 Å². The molecule has 0 bridgehead atoms. The van der Waals surface area contributed by atoms with E-state index in [1.54, 1.807) is 23.1 Å². The molecule has 1 saturated carbocycles. The second-order valence-corrected chi connectivity index (χ2v) is 8.84. The van der Waals surface area contributed by atoms with Crippen LogP contribution in [0.5, 0.6) is 0 Å². The van der Waals surface area contributed by atoms with E-state index >= 15 is 0 Å². The molecule has 3 aromatic heterocycles. The maximum Gasteiger partial charge on any atom is 0.263 e. The third-order valence-corrected chi connectivity index (χ3v) is 6.99. The van der Waals surface area contributed by atoms with Gasteiger partial charge in [0, 0.05) is 17.0 Å². The summed E-state index contributed by atoms with van der Waals surface area (Å²) in [5.41, 5.74) is 2.07. The first-order valence-electron chi connectivity index (χ1n) is 8.62. The molecule has 1 fully saturated rings. The molecule has 7 heteroatoms. The average Bonchev–Trinajstić information content (AvgIpc) is 3.28. The molecular formula is C18H21N3O2S2. The van der Waals surface area contributed by atoms with E-state index in [0.717, 1.165) is 45.2 Å². The van der Waals surface area contributed by atoms with Gasteiger partial charge >= 0.3 is 0 Å². The Hall–Kier alpha value is -1.60. The molecule has 0 radical (unpaired) electrons. The summed E-state index contributed by atoms with van der Waals surface area (Å²) in [6, 6.07) is 2.20. The van der Waals surface area contributed by atoms with E-state index in [4.69, 9.17) is 9.51 Å². The van der Waals surface area contributed by atoms with Crippen LogP contribution in [-0.2, 0) is 5.75 Å². The van der Waals surface area contributed by atoms with E-state index < -0.39 is 0 Å². The molecule has 0 unspecified atom stereocenters. The van der Waals surface area contributed by atoms with Crippen LogP contribution < -0.4 is 5.56 Å². The molecule has 0 spiro atoms. The van der Waals surface area contributed by atoms with Crippen LogP contribution in [-0.4, -0.2) is 14.7 Å². The first-order valence-corrected chi connectivity index (χ1v) is 10.4. The van der Waals surface area contributed by atoms with Crippen LogP contribution in [0.15, 0.2) is 20.5 Å². The summed E-state index contributed by atoms with van der Waals surface area (Å²) in [6.45, 7) is 6.00. The largest absolute Gasteiger partial charge is 0.360 e.